The molecule has 0 aromatic carbocycles. The van der Waals surface area contributed by atoms with Crippen molar-refractivity contribution in [2.75, 3.05) is 12.4 Å². The minimum Gasteiger partial charge on any atom is -0.337 e. The smallest absolute Gasteiger partial charge is 0.321 e. The lowest BCUT2D eigenvalue weighted by Crippen LogP contribution is -2.40. The van der Waals surface area contributed by atoms with Gasteiger partial charge in [-0.3, -0.25) is 10.1 Å². The number of alkyl halides is 1. The van der Waals surface area contributed by atoms with Gasteiger partial charge in [0.05, 0.1) is 0 Å². The Morgan fingerprint density at radius 3 is 2.87 bits per heavy atom. The number of rotatable bonds is 4. The first-order valence-corrected chi connectivity index (χ1v) is 5.85. The molecule has 0 aliphatic rings. The number of carbonyl (C=O) groups is 2. The van der Waals surface area contributed by atoms with Crippen LogP contribution in [0.4, 0.5) is 4.79 Å². The van der Waals surface area contributed by atoms with Crippen LogP contribution in [0.2, 0.25) is 0 Å². The van der Waals surface area contributed by atoms with Crippen LogP contribution in [0.15, 0.2) is 16.8 Å². The van der Waals surface area contributed by atoms with Gasteiger partial charge < -0.3 is 5.32 Å². The molecule has 0 saturated carbocycles. The number of nitrogens with one attached hydrogen (secondary N) is 2. The Bertz CT molecular complexity index is 327. The van der Waals surface area contributed by atoms with Crippen LogP contribution in [0.5, 0.6) is 0 Å². The van der Waals surface area contributed by atoms with Gasteiger partial charge in [-0.1, -0.05) is 0 Å². The SMILES string of the molecule is O=C(CCl)NC(=O)NCCc1ccsc1. The van der Waals surface area contributed by atoms with Gasteiger partial charge in [0.15, 0.2) is 0 Å². The number of imide groups is 1. The second-order valence-electron chi connectivity index (χ2n) is 2.82. The van der Waals surface area contributed by atoms with Crippen LogP contribution in [0, 0.1) is 0 Å². The van der Waals surface area contributed by atoms with Crippen molar-refractivity contribution in [1.82, 2.24) is 10.6 Å². The fourth-order valence-corrected chi connectivity index (χ4v) is 1.73. The van der Waals surface area contributed by atoms with E-state index < -0.39 is 11.9 Å². The van der Waals surface area contributed by atoms with Crippen molar-refractivity contribution >= 4 is 34.9 Å². The molecular weight excluding hydrogens is 236 g/mol. The summed E-state index contributed by atoms with van der Waals surface area (Å²) >= 11 is 6.83. The third-order valence-electron chi connectivity index (χ3n) is 1.65. The van der Waals surface area contributed by atoms with Crippen LogP contribution < -0.4 is 10.6 Å². The van der Waals surface area contributed by atoms with Gasteiger partial charge in [-0.2, -0.15) is 11.3 Å². The minimum absolute atomic E-state index is 0.210. The van der Waals surface area contributed by atoms with E-state index in [0.29, 0.717) is 6.54 Å². The number of urea groups is 1. The van der Waals surface area contributed by atoms with Gasteiger partial charge in [0.1, 0.15) is 5.88 Å². The maximum atomic E-state index is 11.0. The van der Waals surface area contributed by atoms with Crippen LogP contribution in [0.3, 0.4) is 0 Å². The highest BCUT2D eigenvalue weighted by atomic mass is 35.5. The molecule has 0 aliphatic heterocycles. The van der Waals surface area contributed by atoms with E-state index in [0.717, 1.165) is 6.42 Å². The lowest BCUT2D eigenvalue weighted by molar-refractivity contribution is -0.117. The molecule has 0 fully saturated rings. The molecule has 1 rings (SSSR count). The maximum absolute atomic E-state index is 11.0. The topological polar surface area (TPSA) is 58.2 Å². The minimum atomic E-state index is -0.504. The van der Waals surface area contributed by atoms with Crippen LogP contribution in [0.1, 0.15) is 5.56 Å². The molecule has 4 nitrogen and oxygen atoms in total. The summed E-state index contributed by atoms with van der Waals surface area (Å²) in [4.78, 5) is 21.8. The van der Waals surface area contributed by atoms with E-state index in [1.165, 1.54) is 5.56 Å². The van der Waals surface area contributed by atoms with E-state index in [-0.39, 0.29) is 5.88 Å². The predicted octanol–water partition coefficient (Wildman–Crippen LogP) is 1.36. The lowest BCUT2D eigenvalue weighted by atomic mass is 10.2. The molecule has 3 amide bonds. The Morgan fingerprint density at radius 1 is 1.47 bits per heavy atom. The molecule has 15 heavy (non-hydrogen) atoms. The number of thiophene rings is 1. The van der Waals surface area contributed by atoms with Gasteiger partial charge in [0.2, 0.25) is 5.91 Å². The summed E-state index contributed by atoms with van der Waals surface area (Å²) in [5.74, 6) is -0.706. The second kappa shape index (κ2) is 6.42. The average Bonchev–Trinajstić information content (AvgIpc) is 2.70. The van der Waals surface area contributed by atoms with Crippen molar-refractivity contribution < 1.29 is 9.59 Å². The second-order valence-corrected chi connectivity index (χ2v) is 3.87. The van der Waals surface area contributed by atoms with Crippen molar-refractivity contribution in [3.63, 3.8) is 0 Å². The number of hydrogen-bond donors (Lipinski definition) is 2. The van der Waals surface area contributed by atoms with Gasteiger partial charge in [-0.15, -0.1) is 11.6 Å². The van der Waals surface area contributed by atoms with Crippen LogP contribution in [-0.4, -0.2) is 24.4 Å². The van der Waals surface area contributed by atoms with E-state index in [1.807, 2.05) is 16.8 Å². The quantitative estimate of drug-likeness (QED) is 0.788. The molecular formula is C9H11ClN2O2S. The third-order valence-corrected chi connectivity index (χ3v) is 2.63. The first-order valence-electron chi connectivity index (χ1n) is 4.37. The molecule has 0 aliphatic carbocycles. The van der Waals surface area contributed by atoms with Crippen molar-refractivity contribution in [1.29, 1.82) is 0 Å². The molecule has 1 aromatic heterocycles. The Labute approximate surface area is 96.6 Å². The van der Waals surface area contributed by atoms with Crippen LogP contribution >= 0.6 is 22.9 Å². The van der Waals surface area contributed by atoms with Crippen molar-refractivity contribution in [2.45, 2.75) is 6.42 Å². The Kier molecular flexibility index (Phi) is 5.14. The van der Waals surface area contributed by atoms with Crippen molar-refractivity contribution in [3.8, 4) is 0 Å². The molecule has 0 saturated heterocycles. The van der Waals surface area contributed by atoms with E-state index in [9.17, 15) is 9.59 Å². The molecule has 0 unspecified atom stereocenters. The molecule has 1 heterocycles. The normalized spacial score (nSPS) is 9.67. The highest BCUT2D eigenvalue weighted by Gasteiger charge is 2.04. The monoisotopic (exact) mass is 246 g/mol. The molecule has 0 radical (unpaired) electrons. The Morgan fingerprint density at radius 2 is 2.27 bits per heavy atom. The van der Waals surface area contributed by atoms with E-state index in [1.54, 1.807) is 11.3 Å². The van der Waals surface area contributed by atoms with E-state index in [2.05, 4.69) is 10.6 Å². The number of halogens is 1. The zero-order chi connectivity index (χ0) is 11.1. The predicted molar refractivity (Wildman–Crippen MR) is 60.3 cm³/mol. The van der Waals surface area contributed by atoms with Gasteiger partial charge in [0.25, 0.3) is 0 Å². The van der Waals surface area contributed by atoms with Gasteiger partial charge in [0, 0.05) is 6.54 Å². The standard InChI is InChI=1S/C9H11ClN2O2S/c10-5-8(13)12-9(14)11-3-1-7-2-4-15-6-7/h2,4,6H,1,3,5H2,(H2,11,12,13,14). The number of carbonyl (C=O) groups excluding carboxylic acids is 2. The van der Waals surface area contributed by atoms with Gasteiger partial charge >= 0.3 is 6.03 Å². The maximum Gasteiger partial charge on any atom is 0.321 e. The van der Waals surface area contributed by atoms with Gasteiger partial charge in [-0.05, 0) is 28.8 Å². The summed E-state index contributed by atoms with van der Waals surface area (Å²) in [6.07, 6.45) is 0.756. The zero-order valence-corrected chi connectivity index (χ0v) is 9.53. The number of hydrogen-bond acceptors (Lipinski definition) is 3. The summed E-state index contributed by atoms with van der Waals surface area (Å²) in [6.45, 7) is 0.498. The van der Waals surface area contributed by atoms with Crippen LogP contribution in [-0.2, 0) is 11.2 Å². The molecule has 0 atom stereocenters. The van der Waals surface area contributed by atoms with Gasteiger partial charge in [-0.25, -0.2) is 4.79 Å². The summed E-state index contributed by atoms with van der Waals surface area (Å²) < 4.78 is 0. The average molecular weight is 247 g/mol. The fraction of sp³-hybridized carbons (Fsp3) is 0.333. The highest BCUT2D eigenvalue weighted by Crippen LogP contribution is 2.05. The Hall–Kier alpha value is -1.07. The third kappa shape index (κ3) is 4.80. The molecule has 2 N–H and O–H groups in total. The fourth-order valence-electron chi connectivity index (χ4n) is 0.960. The summed E-state index contributed by atoms with van der Waals surface area (Å²) in [7, 11) is 0. The number of amides is 3. The largest absolute Gasteiger partial charge is 0.337 e. The molecule has 6 heteroatoms. The summed E-state index contributed by atoms with van der Waals surface area (Å²) in [6, 6.07) is 1.49. The molecule has 0 bridgehead atoms. The van der Waals surface area contributed by atoms with E-state index >= 15 is 0 Å². The highest BCUT2D eigenvalue weighted by molar-refractivity contribution is 7.07. The van der Waals surface area contributed by atoms with Crippen LogP contribution in [0.25, 0.3) is 0 Å². The first-order chi connectivity index (χ1) is 7.22. The molecule has 1 aromatic rings. The van der Waals surface area contributed by atoms with Crippen molar-refractivity contribution in [3.05, 3.63) is 22.4 Å². The Balaban J connectivity index is 2.15. The lowest BCUT2D eigenvalue weighted by Gasteiger charge is -2.04. The van der Waals surface area contributed by atoms with E-state index in [4.69, 9.17) is 11.6 Å². The van der Waals surface area contributed by atoms with Crippen molar-refractivity contribution in [2.24, 2.45) is 0 Å². The summed E-state index contributed by atoms with van der Waals surface area (Å²) in [5, 5.41) is 8.65. The summed E-state index contributed by atoms with van der Waals surface area (Å²) in [5.41, 5.74) is 1.17. The molecule has 0 spiro atoms. The zero-order valence-electron chi connectivity index (χ0n) is 7.96. The molecule has 82 valence electrons. The first kappa shape index (κ1) is 12.0.